The lowest BCUT2D eigenvalue weighted by Gasteiger charge is -2.22. The summed E-state index contributed by atoms with van der Waals surface area (Å²) >= 11 is 0. The smallest absolute Gasteiger partial charge is 0.0947 e. The van der Waals surface area contributed by atoms with Crippen LogP contribution < -0.4 is 5.32 Å². The molecular weight excluding hydrogens is 178 g/mol. The summed E-state index contributed by atoms with van der Waals surface area (Å²) in [5.41, 5.74) is 0.676. The number of aliphatic hydroxyl groups is 1. The zero-order chi connectivity index (χ0) is 9.86. The molecule has 1 aromatic heterocycles. The number of rotatable bonds is 4. The molecule has 1 heterocycles. The summed E-state index contributed by atoms with van der Waals surface area (Å²) in [5, 5.41) is 13.3. The molecule has 0 aromatic carbocycles. The van der Waals surface area contributed by atoms with Gasteiger partial charge in [-0.05, 0) is 18.9 Å². The van der Waals surface area contributed by atoms with Gasteiger partial charge in [-0.25, -0.2) is 0 Å². The van der Waals surface area contributed by atoms with Gasteiger partial charge in [0.1, 0.15) is 0 Å². The van der Waals surface area contributed by atoms with Crippen LogP contribution in [0.15, 0.2) is 23.0 Å². The molecular formula is C11H17NO2. The summed E-state index contributed by atoms with van der Waals surface area (Å²) in [6.45, 7) is 1.47. The number of hydrogen-bond acceptors (Lipinski definition) is 3. The third-order valence-electron chi connectivity index (χ3n) is 2.90. The van der Waals surface area contributed by atoms with Crippen LogP contribution in [0.25, 0.3) is 0 Å². The van der Waals surface area contributed by atoms with Crippen LogP contribution in [0.1, 0.15) is 31.2 Å². The van der Waals surface area contributed by atoms with Crippen molar-refractivity contribution >= 4 is 0 Å². The average Bonchev–Trinajstić information content (AvgIpc) is 2.77. The maximum absolute atomic E-state index is 10.0. The van der Waals surface area contributed by atoms with Crippen molar-refractivity contribution in [1.29, 1.82) is 0 Å². The lowest BCUT2D eigenvalue weighted by atomic mass is 10.0. The first kappa shape index (κ1) is 9.74. The Balaban J connectivity index is 1.72. The lowest BCUT2D eigenvalue weighted by molar-refractivity contribution is 0.0474. The Hall–Kier alpha value is -0.800. The van der Waals surface area contributed by atoms with Gasteiger partial charge in [0, 0.05) is 18.7 Å². The highest BCUT2D eigenvalue weighted by molar-refractivity contribution is 5.04. The quantitative estimate of drug-likeness (QED) is 0.768. The molecule has 0 unspecified atom stereocenters. The summed E-state index contributed by atoms with van der Waals surface area (Å²) in [7, 11) is 0. The van der Waals surface area contributed by atoms with E-state index in [-0.39, 0.29) is 0 Å². The standard InChI is InChI=1S/C11H17NO2/c13-11(4-1-2-5-11)9-12-7-10-3-6-14-8-10/h3,6,8,12-13H,1-2,4-5,7,9H2. The first-order chi connectivity index (χ1) is 6.79. The summed E-state index contributed by atoms with van der Waals surface area (Å²) in [6, 6.07) is 1.94. The van der Waals surface area contributed by atoms with Crippen molar-refractivity contribution in [1.82, 2.24) is 5.32 Å². The van der Waals surface area contributed by atoms with Crippen molar-refractivity contribution < 1.29 is 9.52 Å². The van der Waals surface area contributed by atoms with Gasteiger partial charge in [0.2, 0.25) is 0 Å². The fraction of sp³-hybridized carbons (Fsp3) is 0.636. The number of nitrogens with one attached hydrogen (secondary N) is 1. The van der Waals surface area contributed by atoms with E-state index in [2.05, 4.69) is 5.32 Å². The van der Waals surface area contributed by atoms with Gasteiger partial charge in [-0.15, -0.1) is 0 Å². The second-order valence-electron chi connectivity index (χ2n) is 4.17. The predicted octanol–water partition coefficient (Wildman–Crippen LogP) is 1.67. The molecule has 2 N–H and O–H groups in total. The van der Waals surface area contributed by atoms with E-state index in [0.29, 0.717) is 6.54 Å². The molecule has 1 fully saturated rings. The summed E-state index contributed by atoms with van der Waals surface area (Å²) in [6.07, 6.45) is 7.58. The molecule has 1 aliphatic rings. The molecule has 0 bridgehead atoms. The molecule has 3 nitrogen and oxygen atoms in total. The van der Waals surface area contributed by atoms with E-state index in [4.69, 9.17) is 4.42 Å². The van der Waals surface area contributed by atoms with Gasteiger partial charge in [-0.1, -0.05) is 12.8 Å². The monoisotopic (exact) mass is 195 g/mol. The maximum atomic E-state index is 10.0. The minimum Gasteiger partial charge on any atom is -0.472 e. The SMILES string of the molecule is OC1(CNCc2ccoc2)CCCC1. The van der Waals surface area contributed by atoms with Crippen LogP contribution in [0, 0.1) is 0 Å². The fourth-order valence-corrected chi connectivity index (χ4v) is 2.04. The highest BCUT2D eigenvalue weighted by atomic mass is 16.3. The Morgan fingerprint density at radius 3 is 2.86 bits per heavy atom. The molecule has 1 aliphatic carbocycles. The highest BCUT2D eigenvalue weighted by Gasteiger charge is 2.30. The van der Waals surface area contributed by atoms with Crippen molar-refractivity contribution in [3.8, 4) is 0 Å². The molecule has 78 valence electrons. The largest absolute Gasteiger partial charge is 0.472 e. The number of hydrogen-bond donors (Lipinski definition) is 2. The van der Waals surface area contributed by atoms with Crippen LogP contribution in [-0.4, -0.2) is 17.3 Å². The molecule has 0 aliphatic heterocycles. The molecule has 0 atom stereocenters. The Labute approximate surface area is 84.1 Å². The molecule has 0 radical (unpaired) electrons. The van der Waals surface area contributed by atoms with Gasteiger partial charge in [-0.2, -0.15) is 0 Å². The molecule has 1 saturated carbocycles. The molecule has 0 saturated heterocycles. The predicted molar refractivity (Wildman–Crippen MR) is 53.8 cm³/mol. The normalized spacial score (nSPS) is 20.1. The van der Waals surface area contributed by atoms with E-state index in [1.807, 2.05) is 6.07 Å². The molecule has 3 heteroatoms. The van der Waals surface area contributed by atoms with Crippen LogP contribution in [0.4, 0.5) is 0 Å². The van der Waals surface area contributed by atoms with Crippen LogP contribution in [0.2, 0.25) is 0 Å². The van der Waals surface area contributed by atoms with E-state index >= 15 is 0 Å². The second kappa shape index (κ2) is 4.15. The Morgan fingerprint density at radius 1 is 1.43 bits per heavy atom. The van der Waals surface area contributed by atoms with Crippen LogP contribution >= 0.6 is 0 Å². The van der Waals surface area contributed by atoms with Gasteiger partial charge >= 0.3 is 0 Å². The van der Waals surface area contributed by atoms with E-state index in [0.717, 1.165) is 37.8 Å². The molecule has 2 rings (SSSR count). The Morgan fingerprint density at radius 2 is 2.21 bits per heavy atom. The van der Waals surface area contributed by atoms with Crippen molar-refractivity contribution in [3.63, 3.8) is 0 Å². The van der Waals surface area contributed by atoms with Gasteiger partial charge in [-0.3, -0.25) is 0 Å². The molecule has 1 aromatic rings. The summed E-state index contributed by atoms with van der Waals surface area (Å²) in [5.74, 6) is 0. The van der Waals surface area contributed by atoms with Gasteiger partial charge in [0.05, 0.1) is 18.1 Å². The summed E-state index contributed by atoms with van der Waals surface area (Å²) < 4.78 is 4.96. The zero-order valence-electron chi connectivity index (χ0n) is 8.33. The van der Waals surface area contributed by atoms with Crippen molar-refractivity contribution in [2.75, 3.05) is 6.54 Å². The lowest BCUT2D eigenvalue weighted by Crippen LogP contribution is -2.37. The van der Waals surface area contributed by atoms with Crippen LogP contribution in [-0.2, 0) is 6.54 Å². The van der Waals surface area contributed by atoms with E-state index in [1.165, 1.54) is 0 Å². The number of furan rings is 1. The van der Waals surface area contributed by atoms with Crippen molar-refractivity contribution in [3.05, 3.63) is 24.2 Å². The Bertz CT molecular complexity index is 263. The first-order valence-corrected chi connectivity index (χ1v) is 5.23. The van der Waals surface area contributed by atoms with Crippen LogP contribution in [0.5, 0.6) is 0 Å². The van der Waals surface area contributed by atoms with E-state index in [9.17, 15) is 5.11 Å². The van der Waals surface area contributed by atoms with Crippen LogP contribution in [0.3, 0.4) is 0 Å². The maximum Gasteiger partial charge on any atom is 0.0947 e. The Kier molecular flexibility index (Phi) is 2.89. The van der Waals surface area contributed by atoms with Gasteiger partial charge < -0.3 is 14.8 Å². The van der Waals surface area contributed by atoms with E-state index < -0.39 is 5.60 Å². The highest BCUT2D eigenvalue weighted by Crippen LogP contribution is 2.28. The topological polar surface area (TPSA) is 45.4 Å². The fourth-order valence-electron chi connectivity index (χ4n) is 2.04. The minimum atomic E-state index is -0.455. The average molecular weight is 195 g/mol. The summed E-state index contributed by atoms with van der Waals surface area (Å²) in [4.78, 5) is 0. The van der Waals surface area contributed by atoms with E-state index in [1.54, 1.807) is 12.5 Å². The second-order valence-corrected chi connectivity index (χ2v) is 4.17. The molecule has 0 spiro atoms. The van der Waals surface area contributed by atoms with Crippen molar-refractivity contribution in [2.24, 2.45) is 0 Å². The van der Waals surface area contributed by atoms with Gasteiger partial charge in [0.25, 0.3) is 0 Å². The van der Waals surface area contributed by atoms with Crippen molar-refractivity contribution in [2.45, 2.75) is 37.8 Å². The third kappa shape index (κ3) is 2.36. The molecule has 0 amide bonds. The molecule has 14 heavy (non-hydrogen) atoms. The zero-order valence-corrected chi connectivity index (χ0v) is 8.33. The minimum absolute atomic E-state index is 0.455. The first-order valence-electron chi connectivity index (χ1n) is 5.23. The van der Waals surface area contributed by atoms with Gasteiger partial charge in [0.15, 0.2) is 0 Å². The third-order valence-corrected chi connectivity index (χ3v) is 2.90.